The molecule has 3 heterocycles. The Morgan fingerprint density at radius 3 is 2.51 bits per heavy atom. The average molecular weight is 685 g/mol. The van der Waals surface area contributed by atoms with Crippen LogP contribution in [-0.4, -0.2) is 88.7 Å². The van der Waals surface area contributed by atoms with Gasteiger partial charge in [-0.1, -0.05) is 30.3 Å². The van der Waals surface area contributed by atoms with Crippen molar-refractivity contribution in [2.45, 2.75) is 70.9 Å². The van der Waals surface area contributed by atoms with Gasteiger partial charge in [-0.3, -0.25) is 0 Å². The lowest BCUT2D eigenvalue weighted by molar-refractivity contribution is 0.0236. The van der Waals surface area contributed by atoms with Crippen molar-refractivity contribution >= 4 is 12.1 Å². The van der Waals surface area contributed by atoms with E-state index in [1.54, 1.807) is 38.8 Å². The van der Waals surface area contributed by atoms with Crippen LogP contribution in [0, 0.1) is 23.5 Å². The highest BCUT2D eigenvalue weighted by Gasteiger charge is 2.43. The normalized spacial score (nSPS) is 19.8. The van der Waals surface area contributed by atoms with Crippen molar-refractivity contribution in [3.05, 3.63) is 77.8 Å². The summed E-state index contributed by atoms with van der Waals surface area (Å²) in [4.78, 5) is 35.0. The molecule has 2 aromatic carbocycles. The fourth-order valence-corrected chi connectivity index (χ4v) is 6.44. The summed E-state index contributed by atoms with van der Waals surface area (Å²) in [6.45, 7) is 8.25. The zero-order valence-electron chi connectivity index (χ0n) is 28.6. The molecule has 2 fully saturated rings. The van der Waals surface area contributed by atoms with Crippen LogP contribution < -0.4 is 11.1 Å². The number of hydrogen-bond acceptors (Lipinski definition) is 6. The Morgan fingerprint density at radius 2 is 1.84 bits per heavy atom. The number of nitrogens with two attached hydrogens (primary N) is 1. The van der Waals surface area contributed by atoms with Gasteiger partial charge in [0.25, 0.3) is 0 Å². The number of benzene rings is 2. The molecular formula is C36H47F3N6O4. The van der Waals surface area contributed by atoms with Crippen molar-refractivity contribution in [1.82, 2.24) is 24.7 Å². The number of alkyl halides is 1. The minimum absolute atomic E-state index is 0.0147. The third kappa shape index (κ3) is 9.13. The van der Waals surface area contributed by atoms with E-state index in [1.165, 1.54) is 4.90 Å². The number of imidazole rings is 1. The van der Waals surface area contributed by atoms with Crippen molar-refractivity contribution in [1.29, 1.82) is 0 Å². The smallest absolute Gasteiger partial charge is 0.410 e. The number of aromatic nitrogens is 2. The first-order valence-corrected chi connectivity index (χ1v) is 16.9. The van der Waals surface area contributed by atoms with E-state index in [4.69, 9.17) is 20.2 Å². The molecule has 0 spiro atoms. The van der Waals surface area contributed by atoms with Gasteiger partial charge in [0.2, 0.25) is 0 Å². The molecule has 2 aliphatic rings. The number of ether oxygens (including phenoxy) is 2. The molecule has 13 heteroatoms. The standard InChI is InChI=1S/C36H47F3N6O4/c1-23(17-40)41-34(46)45(20-26-19-44(21-30(26)39)35(47)49-36(2,3)4)32(25-12-14-48-15-13-25)33-42-31(28-16-27(37)10-11-29(28)38)22-43(33)18-24-8-6-5-7-9-24/h5-11,16,22-23,25-26,30,32H,12-15,17-21,40H2,1-4H3,(H,41,46)/t23-,26?,30?,32+/m0/s1. The van der Waals surface area contributed by atoms with Crippen LogP contribution in [0.5, 0.6) is 0 Å². The summed E-state index contributed by atoms with van der Waals surface area (Å²) in [5, 5.41) is 2.95. The van der Waals surface area contributed by atoms with Gasteiger partial charge >= 0.3 is 12.1 Å². The van der Waals surface area contributed by atoms with E-state index in [-0.39, 0.29) is 43.4 Å². The molecule has 1 aromatic heterocycles. The Hall–Kier alpha value is -4.10. The topological polar surface area (TPSA) is 115 Å². The summed E-state index contributed by atoms with van der Waals surface area (Å²) in [7, 11) is 0. The molecular weight excluding hydrogens is 637 g/mol. The second-order valence-corrected chi connectivity index (χ2v) is 14.0. The van der Waals surface area contributed by atoms with Crippen LogP contribution >= 0.6 is 0 Å². The van der Waals surface area contributed by atoms with E-state index in [0.717, 1.165) is 23.8 Å². The first kappa shape index (κ1) is 36.2. The summed E-state index contributed by atoms with van der Waals surface area (Å²) in [6.07, 6.45) is 0.785. The molecule has 0 radical (unpaired) electrons. The summed E-state index contributed by atoms with van der Waals surface area (Å²) < 4.78 is 58.5. The van der Waals surface area contributed by atoms with Crippen molar-refractivity contribution < 1.29 is 32.2 Å². The van der Waals surface area contributed by atoms with Gasteiger partial charge in [-0.2, -0.15) is 0 Å². The summed E-state index contributed by atoms with van der Waals surface area (Å²) in [5.41, 5.74) is 6.26. The number of nitrogens with one attached hydrogen (secondary N) is 1. The molecule has 3 amide bonds. The molecule has 2 saturated heterocycles. The van der Waals surface area contributed by atoms with Crippen LogP contribution in [-0.2, 0) is 16.0 Å². The second kappa shape index (κ2) is 15.6. The van der Waals surface area contributed by atoms with Gasteiger partial charge in [-0.25, -0.2) is 27.7 Å². The van der Waals surface area contributed by atoms with Crippen LogP contribution in [0.1, 0.15) is 58.0 Å². The quantitative estimate of drug-likeness (QED) is 0.275. The molecule has 3 N–H and O–H groups in total. The minimum atomic E-state index is -1.42. The molecule has 10 nitrogen and oxygen atoms in total. The van der Waals surface area contributed by atoms with Crippen LogP contribution in [0.25, 0.3) is 11.3 Å². The molecule has 0 aliphatic carbocycles. The number of nitrogens with zero attached hydrogens (tertiary/aromatic N) is 4. The summed E-state index contributed by atoms with van der Waals surface area (Å²) in [6, 6.07) is 11.2. The number of rotatable bonds is 10. The van der Waals surface area contributed by atoms with Crippen molar-refractivity contribution in [2.75, 3.05) is 39.4 Å². The second-order valence-electron chi connectivity index (χ2n) is 14.0. The van der Waals surface area contributed by atoms with Gasteiger partial charge in [0.15, 0.2) is 0 Å². The lowest BCUT2D eigenvalue weighted by atomic mass is 9.89. The fraction of sp³-hybridized carbons (Fsp3) is 0.528. The monoisotopic (exact) mass is 684 g/mol. The zero-order chi connectivity index (χ0) is 35.3. The van der Waals surface area contributed by atoms with Crippen LogP contribution in [0.2, 0.25) is 0 Å². The van der Waals surface area contributed by atoms with E-state index in [1.807, 2.05) is 34.9 Å². The SMILES string of the molecule is C[C@@H](CN)NC(=O)N(CC1CN(C(=O)OC(C)(C)C)CC1F)[C@@H](c1nc(-c2cc(F)ccc2F)cn1Cc1ccccc1)C1CCOCC1. The Balaban J connectivity index is 1.60. The molecule has 4 atom stereocenters. The predicted octanol–water partition coefficient (Wildman–Crippen LogP) is 5.91. The van der Waals surface area contributed by atoms with E-state index < -0.39 is 53.5 Å². The van der Waals surface area contributed by atoms with Gasteiger partial charge in [-0.05, 0) is 70.2 Å². The Labute approximate surface area is 285 Å². The number of carbonyl (C=O) groups excluding carboxylic acids is 2. The van der Waals surface area contributed by atoms with Gasteiger partial charge in [0, 0.05) is 63.1 Å². The lowest BCUT2D eigenvalue weighted by Gasteiger charge is -2.40. The molecule has 5 rings (SSSR count). The van der Waals surface area contributed by atoms with Gasteiger partial charge in [-0.15, -0.1) is 0 Å². The number of likely N-dealkylation sites (tertiary alicyclic amines) is 1. The van der Waals surface area contributed by atoms with Gasteiger partial charge < -0.3 is 34.9 Å². The van der Waals surface area contributed by atoms with Crippen molar-refractivity contribution in [3.8, 4) is 11.3 Å². The first-order chi connectivity index (χ1) is 23.3. The van der Waals surface area contributed by atoms with E-state index >= 15 is 8.78 Å². The highest BCUT2D eigenvalue weighted by molar-refractivity contribution is 5.75. The molecule has 3 aromatic rings. The minimum Gasteiger partial charge on any atom is -0.444 e. The van der Waals surface area contributed by atoms with Gasteiger partial charge in [0.1, 0.15) is 29.2 Å². The maximum absolute atomic E-state index is 15.8. The number of urea groups is 1. The van der Waals surface area contributed by atoms with Crippen molar-refractivity contribution in [3.63, 3.8) is 0 Å². The number of carbonyl (C=O) groups is 2. The first-order valence-electron chi connectivity index (χ1n) is 16.9. The van der Waals surface area contributed by atoms with Gasteiger partial charge in [0.05, 0.1) is 18.3 Å². The van der Waals surface area contributed by atoms with Crippen LogP contribution in [0.15, 0.2) is 54.7 Å². The molecule has 266 valence electrons. The fourth-order valence-electron chi connectivity index (χ4n) is 6.44. The highest BCUT2D eigenvalue weighted by atomic mass is 19.1. The third-order valence-corrected chi connectivity index (χ3v) is 8.95. The third-order valence-electron chi connectivity index (χ3n) is 8.95. The average Bonchev–Trinajstić information content (AvgIpc) is 3.64. The summed E-state index contributed by atoms with van der Waals surface area (Å²) >= 11 is 0. The van der Waals surface area contributed by atoms with E-state index in [9.17, 15) is 14.0 Å². The van der Waals surface area contributed by atoms with Crippen LogP contribution in [0.4, 0.5) is 22.8 Å². The predicted molar refractivity (Wildman–Crippen MR) is 179 cm³/mol. The lowest BCUT2D eigenvalue weighted by Crippen LogP contribution is -2.52. The Bertz CT molecular complexity index is 1580. The molecule has 2 unspecified atom stereocenters. The maximum atomic E-state index is 15.8. The molecule has 0 bridgehead atoms. The Kier molecular flexibility index (Phi) is 11.5. The van der Waals surface area contributed by atoms with E-state index in [2.05, 4.69) is 5.32 Å². The van der Waals surface area contributed by atoms with Crippen molar-refractivity contribution in [2.24, 2.45) is 17.6 Å². The summed E-state index contributed by atoms with van der Waals surface area (Å²) in [5.74, 6) is -1.71. The maximum Gasteiger partial charge on any atom is 0.410 e. The zero-order valence-corrected chi connectivity index (χ0v) is 28.6. The molecule has 0 saturated carbocycles. The largest absolute Gasteiger partial charge is 0.444 e. The van der Waals surface area contributed by atoms with E-state index in [0.29, 0.717) is 38.4 Å². The molecule has 2 aliphatic heterocycles. The Morgan fingerprint density at radius 1 is 1.12 bits per heavy atom. The number of amides is 3. The highest BCUT2D eigenvalue weighted by Crippen LogP contribution is 2.38. The van der Waals surface area contributed by atoms with Crippen LogP contribution in [0.3, 0.4) is 0 Å². The molecule has 49 heavy (non-hydrogen) atoms. The number of halogens is 3. The number of hydrogen-bond donors (Lipinski definition) is 2.